The number of hydrogen-bond donors (Lipinski definition) is 1. The molecule has 0 radical (unpaired) electrons. The molecule has 0 aliphatic carbocycles. The van der Waals surface area contributed by atoms with Crippen molar-refractivity contribution in [3.05, 3.63) is 59.1 Å². The smallest absolute Gasteiger partial charge is 0.316 e. The number of aliphatic hydroxyl groups is 1. The second-order valence-electron chi connectivity index (χ2n) is 6.24. The Labute approximate surface area is 173 Å². The summed E-state index contributed by atoms with van der Waals surface area (Å²) in [4.78, 5) is 2.19. The van der Waals surface area contributed by atoms with Gasteiger partial charge in [-0.25, -0.2) is 9.48 Å². The second-order valence-corrected chi connectivity index (χ2v) is 7.74. The fourth-order valence-electron chi connectivity index (χ4n) is 3.43. The predicted octanol–water partition coefficient (Wildman–Crippen LogP) is 0.523. The van der Waals surface area contributed by atoms with Gasteiger partial charge in [0.05, 0.1) is 13.7 Å². The zero-order valence-corrected chi connectivity index (χ0v) is 17.5. The summed E-state index contributed by atoms with van der Waals surface area (Å²) in [5.74, 6) is 1.89. The molecule has 2 aliphatic heterocycles. The van der Waals surface area contributed by atoms with Gasteiger partial charge < -0.3 is 26.8 Å². The van der Waals surface area contributed by atoms with Crippen LogP contribution in [0.4, 0.5) is 5.69 Å². The highest BCUT2D eigenvalue weighted by Crippen LogP contribution is 2.38. The van der Waals surface area contributed by atoms with Gasteiger partial charge in [0.25, 0.3) is 5.72 Å². The average molecular weight is 456 g/mol. The van der Waals surface area contributed by atoms with E-state index in [9.17, 15) is 5.11 Å². The van der Waals surface area contributed by atoms with Crippen LogP contribution in [0.2, 0.25) is 5.02 Å². The lowest BCUT2D eigenvalue weighted by Crippen LogP contribution is -3.00. The van der Waals surface area contributed by atoms with Crippen LogP contribution in [0.15, 0.2) is 48.5 Å². The molecule has 2 heterocycles. The molecule has 2 aromatic rings. The Morgan fingerprint density at radius 2 is 1.85 bits per heavy atom. The Kier molecular flexibility index (Phi) is 5.87. The van der Waals surface area contributed by atoms with Gasteiger partial charge in [-0.1, -0.05) is 23.7 Å². The third-order valence-electron chi connectivity index (χ3n) is 4.73. The number of hydrogen-bond acceptors (Lipinski definition) is 4. The molecule has 0 fully saturated rings. The molecule has 0 spiro atoms. The molecule has 1 N–H and O–H groups in total. The number of rotatable bonds is 3. The minimum Gasteiger partial charge on any atom is -1.00 e. The Morgan fingerprint density at radius 1 is 1.15 bits per heavy atom. The average Bonchev–Trinajstić information content (AvgIpc) is 2.97. The van der Waals surface area contributed by atoms with Crippen LogP contribution in [0.5, 0.6) is 5.75 Å². The molecular weight excluding hydrogens is 436 g/mol. The third-order valence-corrected chi connectivity index (χ3v) is 6.18. The van der Waals surface area contributed by atoms with E-state index in [1.165, 1.54) is 0 Å². The monoisotopic (exact) mass is 454 g/mol. The minimum absolute atomic E-state index is 0. The number of methoxy groups -OCH3 is 1. The first-order chi connectivity index (χ1) is 12.1. The summed E-state index contributed by atoms with van der Waals surface area (Å²) < 4.78 is 7.38. The van der Waals surface area contributed by atoms with Crippen LogP contribution in [0.25, 0.3) is 0 Å². The molecule has 1 unspecified atom stereocenters. The zero-order chi connectivity index (χ0) is 17.4. The number of anilines is 1. The number of β-amino-alcohol motifs (C(OH)–C–C–N with tert-alkyl or cyclic N) is 1. The Bertz CT molecular complexity index is 813. The van der Waals surface area contributed by atoms with Crippen LogP contribution in [-0.4, -0.2) is 40.8 Å². The lowest BCUT2D eigenvalue weighted by molar-refractivity contribution is -0.656. The third kappa shape index (κ3) is 3.36. The van der Waals surface area contributed by atoms with Crippen molar-refractivity contribution < 1.29 is 31.4 Å². The molecule has 7 heteroatoms. The van der Waals surface area contributed by atoms with E-state index in [2.05, 4.69) is 9.48 Å². The number of nitrogens with zero attached hydrogens (tertiary/aromatic N) is 2. The molecule has 0 bridgehead atoms. The topological polar surface area (TPSA) is 35.7 Å². The summed E-state index contributed by atoms with van der Waals surface area (Å²) in [6, 6.07) is 15.5. The molecule has 0 saturated carbocycles. The van der Waals surface area contributed by atoms with E-state index in [-0.39, 0.29) is 17.0 Å². The quantitative estimate of drug-likeness (QED) is 0.685. The lowest BCUT2D eigenvalue weighted by Gasteiger charge is -2.24. The van der Waals surface area contributed by atoms with Gasteiger partial charge in [0.15, 0.2) is 6.54 Å². The molecule has 1 atom stereocenters. The van der Waals surface area contributed by atoms with E-state index in [4.69, 9.17) is 16.3 Å². The summed E-state index contributed by atoms with van der Waals surface area (Å²) in [6.07, 6.45) is 1.06. The largest absolute Gasteiger partial charge is 1.00 e. The van der Waals surface area contributed by atoms with Gasteiger partial charge in [-0.15, -0.1) is 0 Å². The molecule has 0 saturated heterocycles. The van der Waals surface area contributed by atoms with Crippen molar-refractivity contribution in [2.75, 3.05) is 30.9 Å². The van der Waals surface area contributed by atoms with Crippen LogP contribution in [0, 0.1) is 0 Å². The van der Waals surface area contributed by atoms with Crippen molar-refractivity contribution in [3.63, 3.8) is 0 Å². The number of ether oxygens (including phenoxy) is 1. The molecule has 4 nitrogen and oxygen atoms in total. The van der Waals surface area contributed by atoms with Crippen molar-refractivity contribution >= 4 is 34.2 Å². The van der Waals surface area contributed by atoms with E-state index in [0.717, 1.165) is 40.9 Å². The first-order valence-corrected chi connectivity index (χ1v) is 9.65. The molecule has 26 heavy (non-hydrogen) atoms. The van der Waals surface area contributed by atoms with E-state index >= 15 is 0 Å². The Hall–Kier alpha value is -1.21. The minimum atomic E-state index is -1.05. The van der Waals surface area contributed by atoms with Gasteiger partial charge >= 0.3 is 5.17 Å². The van der Waals surface area contributed by atoms with E-state index in [1.807, 2.05) is 48.5 Å². The molecule has 138 valence electrons. The first-order valence-electron chi connectivity index (χ1n) is 8.29. The first kappa shape index (κ1) is 19.5. The van der Waals surface area contributed by atoms with Gasteiger partial charge in [0, 0.05) is 16.3 Å². The number of halogens is 2. The van der Waals surface area contributed by atoms with Gasteiger partial charge in [-0.3, -0.25) is 0 Å². The number of thioether (sulfide) groups is 1. The van der Waals surface area contributed by atoms with Crippen LogP contribution < -0.4 is 26.6 Å². The van der Waals surface area contributed by atoms with E-state index in [0.29, 0.717) is 11.6 Å². The maximum atomic E-state index is 11.6. The van der Waals surface area contributed by atoms with E-state index < -0.39 is 5.72 Å². The fourth-order valence-corrected chi connectivity index (χ4v) is 4.73. The van der Waals surface area contributed by atoms with Crippen LogP contribution in [0.1, 0.15) is 12.0 Å². The van der Waals surface area contributed by atoms with Crippen LogP contribution in [-0.2, 0) is 5.72 Å². The summed E-state index contributed by atoms with van der Waals surface area (Å²) >= 11 is 7.83. The second kappa shape index (κ2) is 7.80. The lowest BCUT2D eigenvalue weighted by atomic mass is 10.0. The zero-order valence-electron chi connectivity index (χ0n) is 14.4. The van der Waals surface area contributed by atoms with Crippen molar-refractivity contribution in [1.29, 1.82) is 0 Å². The Morgan fingerprint density at radius 3 is 2.50 bits per heavy atom. The van der Waals surface area contributed by atoms with Crippen molar-refractivity contribution in [2.24, 2.45) is 0 Å². The SMILES string of the molecule is COc1ccc(N2CC(O)(c3ccc(Cl)cc3)[N+]3=C2SCCC3)cc1.[Br-]. The normalized spacial score (nSPS) is 22.0. The van der Waals surface area contributed by atoms with Gasteiger partial charge in [0.1, 0.15) is 11.4 Å². The predicted molar refractivity (Wildman–Crippen MR) is 103 cm³/mol. The summed E-state index contributed by atoms with van der Waals surface area (Å²) in [5, 5.41) is 13.3. The summed E-state index contributed by atoms with van der Waals surface area (Å²) in [7, 11) is 1.66. The maximum absolute atomic E-state index is 11.6. The maximum Gasteiger partial charge on any atom is 0.316 e. The molecule has 2 aromatic carbocycles. The molecular formula is C19H20BrClN2O2S. The summed E-state index contributed by atoms with van der Waals surface area (Å²) in [6.45, 7) is 1.33. The van der Waals surface area contributed by atoms with Gasteiger partial charge in [-0.2, -0.15) is 0 Å². The van der Waals surface area contributed by atoms with Crippen molar-refractivity contribution in [3.8, 4) is 5.75 Å². The Balaban J connectivity index is 0.00000196. The van der Waals surface area contributed by atoms with E-state index in [1.54, 1.807) is 18.9 Å². The van der Waals surface area contributed by atoms with Crippen LogP contribution in [0.3, 0.4) is 0 Å². The molecule has 0 amide bonds. The van der Waals surface area contributed by atoms with Crippen molar-refractivity contribution in [1.82, 2.24) is 0 Å². The van der Waals surface area contributed by atoms with Crippen LogP contribution >= 0.6 is 23.4 Å². The highest BCUT2D eigenvalue weighted by Gasteiger charge is 2.53. The summed E-state index contributed by atoms with van der Waals surface area (Å²) in [5.41, 5.74) is 0.876. The molecule has 0 aromatic heterocycles. The van der Waals surface area contributed by atoms with Gasteiger partial charge in [-0.05, 0) is 54.6 Å². The van der Waals surface area contributed by atoms with Gasteiger partial charge in [0.2, 0.25) is 0 Å². The highest BCUT2D eigenvalue weighted by atomic mass is 79.9. The number of benzene rings is 2. The highest BCUT2D eigenvalue weighted by molar-refractivity contribution is 8.13. The molecule has 4 rings (SSSR count). The standard InChI is InChI=1S/C19H20ClN2O2S.BrH/c1-24-17-9-7-16(8-10-17)21-13-19(23,14-3-5-15(20)6-4-14)22-11-2-12-25-18(21)22;/h3-10,23H,2,11-13H2,1H3;1H/q+1;/p-1. The fraction of sp³-hybridized carbons (Fsp3) is 0.316. The number of amidine groups is 1. The van der Waals surface area contributed by atoms with Crippen molar-refractivity contribution in [2.45, 2.75) is 12.1 Å². The molecule has 2 aliphatic rings.